The molecule has 15 heavy (non-hydrogen) atoms. The van der Waals surface area contributed by atoms with E-state index in [9.17, 15) is 0 Å². The smallest absolute Gasteiger partial charge is 0.0935 e. The zero-order chi connectivity index (χ0) is 10.7. The molecule has 2 heterocycles. The molecule has 0 aliphatic heterocycles. The van der Waals surface area contributed by atoms with Gasteiger partial charge in [-0.2, -0.15) is 0 Å². The number of hydrogen-bond acceptors (Lipinski definition) is 4. The summed E-state index contributed by atoms with van der Waals surface area (Å²) >= 11 is 5.12. The molecule has 0 bridgehead atoms. The second kappa shape index (κ2) is 4.94. The van der Waals surface area contributed by atoms with Crippen LogP contribution in [0.3, 0.4) is 0 Å². The molecule has 1 atom stereocenters. The number of hydrazine groups is 1. The normalized spacial score (nSPS) is 12.9. The quantitative estimate of drug-likeness (QED) is 0.671. The van der Waals surface area contributed by atoms with Gasteiger partial charge in [-0.1, -0.05) is 0 Å². The third kappa shape index (κ3) is 2.69. The maximum atomic E-state index is 5.54. The average molecular weight is 287 g/mol. The molecule has 2 aromatic heterocycles. The van der Waals surface area contributed by atoms with Crippen LogP contribution in [0.5, 0.6) is 0 Å². The number of rotatable bonds is 4. The summed E-state index contributed by atoms with van der Waals surface area (Å²) in [4.78, 5) is 1.21. The van der Waals surface area contributed by atoms with Gasteiger partial charge in [-0.3, -0.25) is 11.3 Å². The lowest BCUT2D eigenvalue weighted by atomic mass is 10.1. The molecule has 2 rings (SSSR count). The minimum Gasteiger partial charge on any atom is -0.472 e. The molecule has 0 spiro atoms. The highest BCUT2D eigenvalue weighted by Crippen LogP contribution is 2.28. The number of nitrogens with one attached hydrogen (secondary N) is 1. The van der Waals surface area contributed by atoms with Crippen molar-refractivity contribution < 1.29 is 4.42 Å². The van der Waals surface area contributed by atoms with Crippen molar-refractivity contribution in [1.82, 2.24) is 5.43 Å². The van der Waals surface area contributed by atoms with E-state index in [4.69, 9.17) is 10.3 Å². The fourth-order valence-corrected chi connectivity index (χ4v) is 2.89. The van der Waals surface area contributed by atoms with E-state index in [0.29, 0.717) is 0 Å². The molecule has 0 saturated carbocycles. The fourth-order valence-electron chi connectivity index (χ4n) is 1.40. The Hall–Kier alpha value is -0.620. The molecule has 0 aromatic carbocycles. The van der Waals surface area contributed by atoms with Gasteiger partial charge >= 0.3 is 0 Å². The van der Waals surface area contributed by atoms with Crippen molar-refractivity contribution >= 4 is 27.3 Å². The van der Waals surface area contributed by atoms with Crippen molar-refractivity contribution in [3.8, 4) is 0 Å². The molecular formula is C10H11BrN2OS. The summed E-state index contributed by atoms with van der Waals surface area (Å²) in [6.07, 6.45) is 4.25. The van der Waals surface area contributed by atoms with E-state index < -0.39 is 0 Å². The number of furan rings is 1. The van der Waals surface area contributed by atoms with Gasteiger partial charge in [0.05, 0.1) is 22.4 Å². The molecule has 0 radical (unpaired) electrons. The number of nitrogens with two attached hydrogens (primary N) is 1. The van der Waals surface area contributed by atoms with E-state index in [1.54, 1.807) is 23.9 Å². The molecule has 0 aliphatic carbocycles. The third-order valence-electron chi connectivity index (χ3n) is 2.16. The van der Waals surface area contributed by atoms with Crippen molar-refractivity contribution in [2.24, 2.45) is 5.84 Å². The van der Waals surface area contributed by atoms with E-state index in [2.05, 4.69) is 27.4 Å². The number of halogens is 1. The predicted octanol–water partition coefficient (Wildman–Crippen LogP) is 2.85. The first-order chi connectivity index (χ1) is 7.29. The second-order valence-electron chi connectivity index (χ2n) is 3.20. The first-order valence-electron chi connectivity index (χ1n) is 4.52. The van der Waals surface area contributed by atoms with Crippen molar-refractivity contribution in [1.29, 1.82) is 0 Å². The van der Waals surface area contributed by atoms with Gasteiger partial charge < -0.3 is 4.42 Å². The second-order valence-corrected chi connectivity index (χ2v) is 5.69. The van der Waals surface area contributed by atoms with E-state index in [1.807, 2.05) is 12.1 Å². The standard InChI is InChI=1S/C10H11BrN2OS/c11-10-2-1-9(15-10)8(13-12)5-7-3-4-14-6-7/h1-4,6,8,13H,5,12H2. The summed E-state index contributed by atoms with van der Waals surface area (Å²) in [5.74, 6) is 5.54. The molecule has 80 valence electrons. The zero-order valence-electron chi connectivity index (χ0n) is 7.94. The van der Waals surface area contributed by atoms with Crippen LogP contribution in [-0.4, -0.2) is 0 Å². The van der Waals surface area contributed by atoms with Gasteiger partial charge in [-0.05, 0) is 46.1 Å². The van der Waals surface area contributed by atoms with Crippen LogP contribution in [-0.2, 0) is 6.42 Å². The Balaban J connectivity index is 2.11. The summed E-state index contributed by atoms with van der Waals surface area (Å²) in [6.45, 7) is 0. The average Bonchev–Trinajstić information content (AvgIpc) is 2.85. The van der Waals surface area contributed by atoms with Crippen LogP contribution in [0, 0.1) is 0 Å². The molecular weight excluding hydrogens is 276 g/mol. The zero-order valence-corrected chi connectivity index (χ0v) is 10.3. The highest BCUT2D eigenvalue weighted by molar-refractivity contribution is 9.11. The lowest BCUT2D eigenvalue weighted by Gasteiger charge is -2.12. The highest BCUT2D eigenvalue weighted by Gasteiger charge is 2.13. The van der Waals surface area contributed by atoms with Crippen LogP contribution in [0.4, 0.5) is 0 Å². The van der Waals surface area contributed by atoms with Gasteiger partial charge in [0.2, 0.25) is 0 Å². The van der Waals surface area contributed by atoms with E-state index >= 15 is 0 Å². The van der Waals surface area contributed by atoms with Gasteiger partial charge in [0.1, 0.15) is 0 Å². The molecule has 0 aliphatic rings. The van der Waals surface area contributed by atoms with Crippen molar-refractivity contribution in [3.63, 3.8) is 0 Å². The Morgan fingerprint density at radius 1 is 1.47 bits per heavy atom. The van der Waals surface area contributed by atoms with Gasteiger partial charge in [0.25, 0.3) is 0 Å². The highest BCUT2D eigenvalue weighted by atomic mass is 79.9. The van der Waals surface area contributed by atoms with Crippen LogP contribution in [0.2, 0.25) is 0 Å². The Labute approximate surface area is 100 Å². The lowest BCUT2D eigenvalue weighted by Crippen LogP contribution is -2.28. The van der Waals surface area contributed by atoms with Crippen molar-refractivity contribution in [2.45, 2.75) is 12.5 Å². The largest absolute Gasteiger partial charge is 0.472 e. The van der Waals surface area contributed by atoms with Gasteiger partial charge in [-0.15, -0.1) is 11.3 Å². The number of thiophene rings is 1. The first-order valence-corrected chi connectivity index (χ1v) is 6.13. The molecule has 2 aromatic rings. The Morgan fingerprint density at radius 3 is 2.87 bits per heavy atom. The van der Waals surface area contributed by atoms with Crippen LogP contribution < -0.4 is 11.3 Å². The van der Waals surface area contributed by atoms with Crippen molar-refractivity contribution in [2.75, 3.05) is 0 Å². The van der Waals surface area contributed by atoms with Crippen LogP contribution >= 0.6 is 27.3 Å². The molecule has 5 heteroatoms. The molecule has 3 N–H and O–H groups in total. The minimum absolute atomic E-state index is 0.138. The maximum absolute atomic E-state index is 5.54. The monoisotopic (exact) mass is 286 g/mol. The maximum Gasteiger partial charge on any atom is 0.0935 e. The molecule has 3 nitrogen and oxygen atoms in total. The van der Waals surface area contributed by atoms with Gasteiger partial charge in [-0.25, -0.2) is 0 Å². The Kier molecular flexibility index (Phi) is 3.58. The van der Waals surface area contributed by atoms with Crippen LogP contribution in [0.15, 0.2) is 38.9 Å². The van der Waals surface area contributed by atoms with Crippen LogP contribution in [0.1, 0.15) is 16.5 Å². The summed E-state index contributed by atoms with van der Waals surface area (Å²) in [6, 6.07) is 6.19. The van der Waals surface area contributed by atoms with Gasteiger partial charge in [0, 0.05) is 4.88 Å². The summed E-state index contributed by atoms with van der Waals surface area (Å²) < 4.78 is 6.14. The Morgan fingerprint density at radius 2 is 2.33 bits per heavy atom. The summed E-state index contributed by atoms with van der Waals surface area (Å²) in [5.41, 5.74) is 3.96. The predicted molar refractivity (Wildman–Crippen MR) is 64.5 cm³/mol. The van der Waals surface area contributed by atoms with Crippen molar-refractivity contribution in [3.05, 3.63) is 45.0 Å². The molecule has 1 unspecified atom stereocenters. The van der Waals surface area contributed by atoms with Gasteiger partial charge in [0.15, 0.2) is 0 Å². The molecule has 0 saturated heterocycles. The van der Waals surface area contributed by atoms with E-state index in [-0.39, 0.29) is 6.04 Å². The van der Waals surface area contributed by atoms with E-state index in [0.717, 1.165) is 15.8 Å². The Bertz CT molecular complexity index is 413. The fraction of sp³-hybridized carbons (Fsp3) is 0.200. The summed E-state index contributed by atoms with van der Waals surface area (Å²) in [5, 5.41) is 0. The number of hydrogen-bond donors (Lipinski definition) is 2. The first kappa shape index (κ1) is 10.9. The van der Waals surface area contributed by atoms with Crippen LogP contribution in [0.25, 0.3) is 0 Å². The molecule has 0 fully saturated rings. The minimum atomic E-state index is 0.138. The van der Waals surface area contributed by atoms with E-state index in [1.165, 1.54) is 4.88 Å². The topological polar surface area (TPSA) is 51.2 Å². The third-order valence-corrected chi connectivity index (χ3v) is 3.90. The SMILES string of the molecule is NNC(Cc1ccoc1)c1ccc(Br)s1. The lowest BCUT2D eigenvalue weighted by molar-refractivity contribution is 0.541. The molecule has 0 amide bonds. The summed E-state index contributed by atoms with van der Waals surface area (Å²) in [7, 11) is 0.